The van der Waals surface area contributed by atoms with Crippen LogP contribution < -0.4 is 5.32 Å². The summed E-state index contributed by atoms with van der Waals surface area (Å²) in [7, 11) is 0. The lowest BCUT2D eigenvalue weighted by molar-refractivity contribution is 0.620. The smallest absolute Gasteiger partial charge is 0.0931 e. The van der Waals surface area contributed by atoms with Gasteiger partial charge in [-0.1, -0.05) is 23.7 Å². The molecule has 0 aromatic carbocycles. The van der Waals surface area contributed by atoms with Gasteiger partial charge in [0.05, 0.1) is 10.4 Å². The van der Waals surface area contributed by atoms with Crippen molar-refractivity contribution < 1.29 is 0 Å². The van der Waals surface area contributed by atoms with E-state index in [0.717, 1.165) is 16.6 Å². The summed E-state index contributed by atoms with van der Waals surface area (Å²) in [4.78, 5) is 6.88. The van der Waals surface area contributed by atoms with Crippen LogP contribution in [0.1, 0.15) is 27.1 Å². The van der Waals surface area contributed by atoms with Gasteiger partial charge in [-0.25, -0.2) is 0 Å². The van der Waals surface area contributed by atoms with Gasteiger partial charge in [0.1, 0.15) is 0 Å². The van der Waals surface area contributed by atoms with Crippen LogP contribution in [-0.2, 0) is 6.54 Å². The predicted octanol–water partition coefficient (Wildman–Crippen LogP) is 5.05. The van der Waals surface area contributed by atoms with E-state index in [1.54, 1.807) is 22.7 Å². The quantitative estimate of drug-likeness (QED) is 0.706. The van der Waals surface area contributed by atoms with Gasteiger partial charge < -0.3 is 5.32 Å². The summed E-state index contributed by atoms with van der Waals surface area (Å²) in [6, 6.07) is 12.6. The molecular formula is C16H15ClN2S2. The average molecular weight is 335 g/mol. The zero-order valence-electron chi connectivity index (χ0n) is 11.5. The average Bonchev–Trinajstić information content (AvgIpc) is 3.13. The highest BCUT2D eigenvalue weighted by atomic mass is 35.5. The van der Waals surface area contributed by atoms with E-state index in [1.807, 2.05) is 25.3 Å². The van der Waals surface area contributed by atoms with Crippen LogP contribution in [0.5, 0.6) is 0 Å². The molecule has 0 aliphatic carbocycles. The van der Waals surface area contributed by atoms with Crippen LogP contribution in [0.4, 0.5) is 0 Å². The molecule has 1 unspecified atom stereocenters. The molecule has 0 saturated heterocycles. The van der Waals surface area contributed by atoms with E-state index in [4.69, 9.17) is 11.6 Å². The molecule has 0 spiro atoms. The molecule has 0 fully saturated rings. The van der Waals surface area contributed by atoms with Crippen molar-refractivity contribution in [2.45, 2.75) is 19.5 Å². The molecule has 0 radical (unpaired) electrons. The Labute approximate surface area is 137 Å². The molecule has 0 aliphatic heterocycles. The van der Waals surface area contributed by atoms with Crippen LogP contribution in [-0.4, -0.2) is 4.98 Å². The number of hydrogen-bond donors (Lipinski definition) is 1. The van der Waals surface area contributed by atoms with Gasteiger partial charge in [-0.15, -0.1) is 22.7 Å². The largest absolute Gasteiger partial charge is 0.301 e. The molecule has 3 aromatic heterocycles. The van der Waals surface area contributed by atoms with E-state index >= 15 is 0 Å². The second kappa shape index (κ2) is 6.71. The number of aryl methyl sites for hydroxylation is 1. The molecule has 5 heteroatoms. The first-order valence-corrected chi connectivity index (χ1v) is 8.73. The van der Waals surface area contributed by atoms with Crippen LogP contribution in [0.25, 0.3) is 0 Å². The Morgan fingerprint density at radius 2 is 2.10 bits per heavy atom. The molecule has 108 valence electrons. The summed E-state index contributed by atoms with van der Waals surface area (Å²) < 4.78 is 0.824. The zero-order valence-corrected chi connectivity index (χ0v) is 13.9. The number of nitrogens with zero attached hydrogens (tertiary/aromatic N) is 1. The Kier molecular flexibility index (Phi) is 4.70. The van der Waals surface area contributed by atoms with Gasteiger partial charge in [-0.2, -0.15) is 0 Å². The molecule has 2 nitrogen and oxygen atoms in total. The number of halogens is 1. The van der Waals surface area contributed by atoms with E-state index in [2.05, 4.69) is 39.9 Å². The number of nitrogens with one attached hydrogen (secondary N) is 1. The summed E-state index contributed by atoms with van der Waals surface area (Å²) in [5.74, 6) is 0. The first kappa shape index (κ1) is 14.7. The monoisotopic (exact) mass is 334 g/mol. The molecule has 1 N–H and O–H groups in total. The van der Waals surface area contributed by atoms with Crippen molar-refractivity contribution in [1.82, 2.24) is 10.3 Å². The Balaban J connectivity index is 1.78. The van der Waals surface area contributed by atoms with Crippen molar-refractivity contribution in [2.24, 2.45) is 0 Å². The van der Waals surface area contributed by atoms with Crippen molar-refractivity contribution in [1.29, 1.82) is 0 Å². The molecule has 0 aliphatic rings. The number of rotatable bonds is 5. The van der Waals surface area contributed by atoms with Crippen molar-refractivity contribution in [3.8, 4) is 0 Å². The van der Waals surface area contributed by atoms with Crippen LogP contribution in [0.15, 0.2) is 48.0 Å². The summed E-state index contributed by atoms with van der Waals surface area (Å²) in [6.45, 7) is 2.78. The van der Waals surface area contributed by atoms with Crippen LogP contribution in [0, 0.1) is 6.92 Å². The van der Waals surface area contributed by atoms with Crippen LogP contribution in [0.3, 0.4) is 0 Å². The van der Waals surface area contributed by atoms with E-state index in [9.17, 15) is 0 Å². The summed E-state index contributed by atoms with van der Waals surface area (Å²) in [5, 5.41) is 5.71. The van der Waals surface area contributed by atoms with Gasteiger partial charge in [-0.3, -0.25) is 4.98 Å². The fourth-order valence-electron chi connectivity index (χ4n) is 2.10. The molecule has 3 heterocycles. The summed E-state index contributed by atoms with van der Waals surface area (Å²) in [6.07, 6.45) is 1.93. The molecule has 1 atom stereocenters. The molecule has 21 heavy (non-hydrogen) atoms. The highest BCUT2D eigenvalue weighted by Gasteiger charge is 2.16. The van der Waals surface area contributed by atoms with Crippen molar-refractivity contribution in [3.63, 3.8) is 0 Å². The van der Waals surface area contributed by atoms with Crippen LogP contribution >= 0.6 is 34.3 Å². The third-order valence-electron chi connectivity index (χ3n) is 3.19. The first-order valence-electron chi connectivity index (χ1n) is 6.66. The number of thiophene rings is 2. The van der Waals surface area contributed by atoms with E-state index < -0.39 is 0 Å². The minimum Gasteiger partial charge on any atom is -0.301 e. The van der Waals surface area contributed by atoms with Gasteiger partial charge in [0.2, 0.25) is 0 Å². The molecule has 3 aromatic rings. The van der Waals surface area contributed by atoms with Crippen molar-refractivity contribution in [2.75, 3.05) is 0 Å². The second-order valence-electron chi connectivity index (χ2n) is 4.78. The van der Waals surface area contributed by atoms with E-state index in [-0.39, 0.29) is 6.04 Å². The third-order valence-corrected chi connectivity index (χ3v) is 5.42. The predicted molar refractivity (Wildman–Crippen MR) is 91.3 cm³/mol. The van der Waals surface area contributed by atoms with Gasteiger partial charge in [0.25, 0.3) is 0 Å². The van der Waals surface area contributed by atoms with Gasteiger partial charge in [0.15, 0.2) is 0 Å². The number of hydrogen-bond acceptors (Lipinski definition) is 4. The minimum absolute atomic E-state index is 0.184. The number of aromatic nitrogens is 1. The maximum Gasteiger partial charge on any atom is 0.0931 e. The second-order valence-corrected chi connectivity index (χ2v) is 7.50. The highest BCUT2D eigenvalue weighted by molar-refractivity contribution is 7.16. The zero-order chi connectivity index (χ0) is 14.7. The molecule has 0 amide bonds. The number of pyridine rings is 1. The molecule has 0 bridgehead atoms. The molecule has 0 saturated carbocycles. The normalized spacial score (nSPS) is 12.5. The lowest BCUT2D eigenvalue weighted by Crippen LogP contribution is -2.20. The van der Waals surface area contributed by atoms with Gasteiger partial charge >= 0.3 is 0 Å². The maximum atomic E-state index is 6.08. The minimum atomic E-state index is 0.184. The standard InChI is InChI=1S/C16H15ClN2S2/c1-11-4-5-12(9-18-11)10-19-16(13-3-2-8-20-13)14-6-7-15(17)21-14/h2-9,16,19H,10H2,1H3. The SMILES string of the molecule is Cc1ccc(CNC(c2cccs2)c2ccc(Cl)s2)cn1. The summed E-state index contributed by atoms with van der Waals surface area (Å²) in [5.41, 5.74) is 2.23. The summed E-state index contributed by atoms with van der Waals surface area (Å²) >= 11 is 9.47. The first-order chi connectivity index (χ1) is 10.2. The molecule has 3 rings (SSSR count). The third kappa shape index (κ3) is 3.71. The van der Waals surface area contributed by atoms with E-state index in [1.165, 1.54) is 15.3 Å². The van der Waals surface area contributed by atoms with Crippen molar-refractivity contribution >= 4 is 34.3 Å². The van der Waals surface area contributed by atoms with Crippen molar-refractivity contribution in [3.05, 3.63) is 73.3 Å². The van der Waals surface area contributed by atoms with Crippen LogP contribution in [0.2, 0.25) is 4.34 Å². The highest BCUT2D eigenvalue weighted by Crippen LogP contribution is 2.33. The van der Waals surface area contributed by atoms with Gasteiger partial charge in [-0.05, 0) is 42.1 Å². The Bertz CT molecular complexity index is 689. The Morgan fingerprint density at radius 1 is 1.19 bits per heavy atom. The lowest BCUT2D eigenvalue weighted by Gasteiger charge is -2.16. The van der Waals surface area contributed by atoms with Gasteiger partial charge in [0, 0.05) is 28.2 Å². The lowest BCUT2D eigenvalue weighted by atomic mass is 10.2. The maximum absolute atomic E-state index is 6.08. The molecular weight excluding hydrogens is 320 g/mol. The topological polar surface area (TPSA) is 24.9 Å². The van der Waals surface area contributed by atoms with E-state index in [0.29, 0.717) is 0 Å². The fraction of sp³-hybridized carbons (Fsp3) is 0.188. The Morgan fingerprint density at radius 3 is 2.71 bits per heavy atom. The Hall–Kier alpha value is -1.20. The fourth-order valence-corrected chi connectivity index (χ4v) is 4.15.